The normalized spacial score (nSPS) is 18.5. The largest absolute Gasteiger partial charge is 0.395 e. The van der Waals surface area contributed by atoms with Gasteiger partial charge in [0.1, 0.15) is 5.69 Å². The summed E-state index contributed by atoms with van der Waals surface area (Å²) in [6.45, 7) is 0.00894. The van der Waals surface area contributed by atoms with Gasteiger partial charge < -0.3 is 15.2 Å². The summed E-state index contributed by atoms with van der Waals surface area (Å²) in [6.07, 6.45) is 1.71. The van der Waals surface area contributed by atoms with E-state index in [9.17, 15) is 10.1 Å². The molecule has 0 unspecified atom stereocenters. The molecule has 1 heterocycles. The highest BCUT2D eigenvalue weighted by Gasteiger charge is 2.47. The highest BCUT2D eigenvalue weighted by molar-refractivity contribution is 5.31. The van der Waals surface area contributed by atoms with E-state index in [1.54, 1.807) is 0 Å². The van der Waals surface area contributed by atoms with Crippen molar-refractivity contribution in [1.29, 1.82) is 0 Å². The molecule has 6 heteroatoms. The number of H-pyrrole nitrogens is 1. The third-order valence-corrected chi connectivity index (χ3v) is 2.46. The van der Waals surface area contributed by atoms with E-state index in [1.165, 1.54) is 6.07 Å². The van der Waals surface area contributed by atoms with Crippen LogP contribution in [0.2, 0.25) is 0 Å². The van der Waals surface area contributed by atoms with Gasteiger partial charge in [0.15, 0.2) is 0 Å². The quantitative estimate of drug-likeness (QED) is 0.522. The lowest BCUT2D eigenvalue weighted by Crippen LogP contribution is -2.12. The molecule has 1 fully saturated rings. The summed E-state index contributed by atoms with van der Waals surface area (Å²) in [7, 11) is 0. The number of aliphatic hydroxyl groups excluding tert-OH is 1. The number of nitrogens with one attached hydrogen (secondary N) is 1. The topological polar surface area (TPSA) is 92.1 Å². The molecule has 0 spiro atoms. The van der Waals surface area contributed by atoms with E-state index in [0.717, 1.165) is 12.8 Å². The summed E-state index contributed by atoms with van der Waals surface area (Å²) in [4.78, 5) is 9.80. The van der Waals surface area contributed by atoms with E-state index in [0.29, 0.717) is 5.69 Å². The number of hydrogen-bond acceptors (Lipinski definition) is 4. The van der Waals surface area contributed by atoms with E-state index in [4.69, 9.17) is 5.11 Å². The molecule has 0 aromatic carbocycles. The van der Waals surface area contributed by atoms with Crippen molar-refractivity contribution in [2.45, 2.75) is 18.3 Å². The zero-order valence-electron chi connectivity index (χ0n) is 6.86. The lowest BCUT2D eigenvalue weighted by molar-refractivity contribution is -0.389. The first-order valence-electron chi connectivity index (χ1n) is 3.99. The minimum atomic E-state index is -0.524. The molecule has 0 bridgehead atoms. The molecular formula is C7H9N3O3. The Labute approximate surface area is 73.7 Å². The van der Waals surface area contributed by atoms with Crippen LogP contribution in [0.3, 0.4) is 0 Å². The molecule has 0 radical (unpaired) electrons. The monoisotopic (exact) mass is 183 g/mol. The average molecular weight is 183 g/mol. The van der Waals surface area contributed by atoms with Crippen LogP contribution in [0.15, 0.2) is 6.07 Å². The van der Waals surface area contributed by atoms with Gasteiger partial charge >= 0.3 is 5.82 Å². The van der Waals surface area contributed by atoms with Gasteiger partial charge in [0.25, 0.3) is 0 Å². The van der Waals surface area contributed by atoms with Crippen molar-refractivity contribution >= 4 is 5.82 Å². The van der Waals surface area contributed by atoms with Gasteiger partial charge in [-0.1, -0.05) is 5.10 Å². The Morgan fingerprint density at radius 3 is 2.85 bits per heavy atom. The van der Waals surface area contributed by atoms with Crippen molar-refractivity contribution in [3.8, 4) is 0 Å². The summed E-state index contributed by atoms with van der Waals surface area (Å²) in [6, 6.07) is 1.39. The second-order valence-electron chi connectivity index (χ2n) is 3.33. The lowest BCUT2D eigenvalue weighted by atomic mass is 10.0. The molecule has 0 saturated heterocycles. The predicted octanol–water partition coefficient (Wildman–Crippen LogP) is 0.342. The maximum atomic E-state index is 10.3. The van der Waals surface area contributed by atoms with Crippen LogP contribution in [0.4, 0.5) is 5.82 Å². The molecule has 6 nitrogen and oxygen atoms in total. The van der Waals surface area contributed by atoms with Crippen LogP contribution in [-0.2, 0) is 5.41 Å². The number of hydrogen-bond donors (Lipinski definition) is 2. The van der Waals surface area contributed by atoms with Crippen molar-refractivity contribution in [3.05, 3.63) is 21.9 Å². The van der Waals surface area contributed by atoms with Crippen LogP contribution in [-0.4, -0.2) is 26.8 Å². The van der Waals surface area contributed by atoms with Crippen molar-refractivity contribution in [2.75, 3.05) is 6.61 Å². The van der Waals surface area contributed by atoms with Crippen molar-refractivity contribution in [3.63, 3.8) is 0 Å². The fourth-order valence-corrected chi connectivity index (χ4v) is 1.32. The van der Waals surface area contributed by atoms with Crippen LogP contribution in [0.1, 0.15) is 18.5 Å². The summed E-state index contributed by atoms with van der Waals surface area (Å²) in [5.74, 6) is -0.116. The van der Waals surface area contributed by atoms with Crippen LogP contribution in [0.25, 0.3) is 0 Å². The van der Waals surface area contributed by atoms with Crippen LogP contribution in [0, 0.1) is 10.1 Å². The van der Waals surface area contributed by atoms with Gasteiger partial charge in [0.2, 0.25) is 0 Å². The molecule has 13 heavy (non-hydrogen) atoms. The number of nitro groups is 1. The Hall–Kier alpha value is -1.43. The van der Waals surface area contributed by atoms with Crippen LogP contribution in [0.5, 0.6) is 0 Å². The standard InChI is InChI=1S/C7H9N3O3/c11-4-7(1-2-7)5-3-6(9-8-5)10(12)13/h3,11H,1-2,4H2,(H,8,9). The molecule has 2 N–H and O–H groups in total. The van der Waals surface area contributed by atoms with E-state index in [1.807, 2.05) is 0 Å². The first-order chi connectivity index (χ1) is 6.18. The maximum absolute atomic E-state index is 10.3. The summed E-state index contributed by atoms with van der Waals surface area (Å²) in [5, 5.41) is 25.5. The number of aromatic nitrogens is 2. The van der Waals surface area contributed by atoms with E-state index >= 15 is 0 Å². The van der Waals surface area contributed by atoms with Crippen molar-refractivity contribution in [1.82, 2.24) is 10.2 Å². The Morgan fingerprint density at radius 1 is 1.77 bits per heavy atom. The Kier molecular flexibility index (Phi) is 1.59. The zero-order valence-corrected chi connectivity index (χ0v) is 6.86. The average Bonchev–Trinajstić information content (AvgIpc) is 2.75. The summed E-state index contributed by atoms with van der Waals surface area (Å²) < 4.78 is 0. The molecule has 1 aromatic rings. The second kappa shape index (κ2) is 2.53. The smallest absolute Gasteiger partial charge is 0.342 e. The second-order valence-corrected chi connectivity index (χ2v) is 3.33. The van der Waals surface area contributed by atoms with Crippen molar-refractivity contribution in [2.24, 2.45) is 0 Å². The lowest BCUT2D eigenvalue weighted by Gasteiger charge is -2.03. The molecule has 2 rings (SSSR count). The zero-order chi connectivity index (χ0) is 9.47. The molecule has 0 atom stereocenters. The molecule has 0 amide bonds. The number of aliphatic hydroxyl groups is 1. The SMILES string of the molecule is O=[N+]([O-])c1cc(C2(CO)CC2)n[nH]1. The molecule has 1 aliphatic rings. The van der Waals surface area contributed by atoms with Gasteiger partial charge in [0, 0.05) is 5.41 Å². The minimum Gasteiger partial charge on any atom is -0.395 e. The Morgan fingerprint density at radius 2 is 2.46 bits per heavy atom. The number of nitrogens with zero attached hydrogens (tertiary/aromatic N) is 2. The van der Waals surface area contributed by atoms with E-state index in [2.05, 4.69) is 10.2 Å². The van der Waals surface area contributed by atoms with Gasteiger partial charge in [-0.2, -0.15) is 0 Å². The molecular weight excluding hydrogens is 174 g/mol. The highest BCUT2D eigenvalue weighted by Crippen LogP contribution is 2.47. The molecule has 0 aliphatic heterocycles. The molecule has 1 aromatic heterocycles. The molecule has 1 aliphatic carbocycles. The van der Waals surface area contributed by atoms with E-state index < -0.39 is 4.92 Å². The van der Waals surface area contributed by atoms with Gasteiger partial charge in [-0.25, -0.2) is 0 Å². The fourth-order valence-electron chi connectivity index (χ4n) is 1.32. The van der Waals surface area contributed by atoms with Crippen LogP contribution >= 0.6 is 0 Å². The minimum absolute atomic E-state index is 0.00894. The Bertz CT molecular complexity index is 343. The third kappa shape index (κ3) is 1.19. The van der Waals surface area contributed by atoms with Gasteiger partial charge in [-0.3, -0.25) is 0 Å². The molecule has 1 saturated carbocycles. The number of aromatic amines is 1. The third-order valence-electron chi connectivity index (χ3n) is 2.46. The maximum Gasteiger partial charge on any atom is 0.342 e. The predicted molar refractivity (Wildman–Crippen MR) is 43.2 cm³/mol. The van der Waals surface area contributed by atoms with Crippen LogP contribution < -0.4 is 0 Å². The van der Waals surface area contributed by atoms with Gasteiger partial charge in [-0.15, -0.1) is 5.10 Å². The Balaban J connectivity index is 2.28. The van der Waals surface area contributed by atoms with E-state index in [-0.39, 0.29) is 17.8 Å². The first-order valence-corrected chi connectivity index (χ1v) is 3.99. The van der Waals surface area contributed by atoms with Crippen molar-refractivity contribution < 1.29 is 10.0 Å². The summed E-state index contributed by atoms with van der Waals surface area (Å²) >= 11 is 0. The van der Waals surface area contributed by atoms with Gasteiger partial charge in [0.05, 0.1) is 12.7 Å². The first kappa shape index (κ1) is 8.18. The number of rotatable bonds is 3. The molecule has 70 valence electrons. The van der Waals surface area contributed by atoms with Gasteiger partial charge in [-0.05, 0) is 17.8 Å². The summed E-state index contributed by atoms with van der Waals surface area (Å²) in [5.41, 5.74) is 0.298. The fraction of sp³-hybridized carbons (Fsp3) is 0.571. The highest BCUT2D eigenvalue weighted by atomic mass is 16.6.